The molecule has 0 spiro atoms. The molecule has 0 unspecified atom stereocenters. The highest BCUT2D eigenvalue weighted by Gasteiger charge is 2.25. The summed E-state index contributed by atoms with van der Waals surface area (Å²) in [5.74, 6) is 0.345. The van der Waals surface area contributed by atoms with Crippen molar-refractivity contribution in [3.05, 3.63) is 11.4 Å². The van der Waals surface area contributed by atoms with Crippen molar-refractivity contribution in [3.63, 3.8) is 0 Å². The van der Waals surface area contributed by atoms with Crippen LogP contribution in [0.15, 0.2) is 5.16 Å². The molecule has 0 bridgehead atoms. The van der Waals surface area contributed by atoms with Crippen LogP contribution in [0.1, 0.15) is 23.1 Å². The quantitative estimate of drug-likeness (QED) is 0.754. The molecule has 0 aromatic carbocycles. The van der Waals surface area contributed by atoms with E-state index in [4.69, 9.17) is 0 Å². The lowest BCUT2D eigenvalue weighted by Crippen LogP contribution is -2.48. The Hall–Kier alpha value is -1.74. The molecular weight excluding hydrogens is 302 g/mol. The monoisotopic (exact) mass is 321 g/mol. The van der Waals surface area contributed by atoms with E-state index >= 15 is 0 Å². The van der Waals surface area contributed by atoms with Crippen LogP contribution in [0.5, 0.6) is 0 Å². The molecule has 1 amide bonds. The Labute approximate surface area is 132 Å². The predicted octanol–water partition coefficient (Wildman–Crippen LogP) is 0.327. The number of fused-ring (bicyclic) bond motifs is 1. The highest BCUT2D eigenvalue weighted by atomic mass is 32.2. The number of hydrogen-bond donors (Lipinski definition) is 0. The fourth-order valence-corrected chi connectivity index (χ4v) is 2.88. The van der Waals surface area contributed by atoms with E-state index in [2.05, 4.69) is 32.1 Å². The van der Waals surface area contributed by atoms with E-state index in [9.17, 15) is 4.79 Å². The van der Waals surface area contributed by atoms with Gasteiger partial charge in [-0.2, -0.15) is 9.50 Å². The first-order chi connectivity index (χ1) is 10.6. The number of nitrogens with zero attached hydrogens (tertiary/aromatic N) is 7. The minimum absolute atomic E-state index is 0.0798. The van der Waals surface area contributed by atoms with Gasteiger partial charge in [-0.05, 0) is 19.7 Å². The Balaban J connectivity index is 1.86. The van der Waals surface area contributed by atoms with Crippen LogP contribution in [-0.2, 0) is 0 Å². The number of carbonyl (C=O) groups is 1. The van der Waals surface area contributed by atoms with Gasteiger partial charge in [0.05, 0.1) is 5.69 Å². The zero-order valence-corrected chi connectivity index (χ0v) is 13.8. The molecule has 3 heterocycles. The predicted molar refractivity (Wildman–Crippen MR) is 83.1 cm³/mol. The maximum atomic E-state index is 12.7. The molecule has 1 fully saturated rings. The summed E-state index contributed by atoms with van der Waals surface area (Å²) in [6.45, 7) is 8.22. The molecule has 0 saturated carbocycles. The van der Waals surface area contributed by atoms with Crippen LogP contribution >= 0.6 is 11.8 Å². The van der Waals surface area contributed by atoms with E-state index in [-0.39, 0.29) is 5.91 Å². The maximum absolute atomic E-state index is 12.7. The summed E-state index contributed by atoms with van der Waals surface area (Å²) in [4.78, 5) is 21.1. The van der Waals surface area contributed by atoms with E-state index in [1.54, 1.807) is 4.52 Å². The second-order valence-electron chi connectivity index (χ2n) is 5.17. The zero-order valence-electron chi connectivity index (χ0n) is 13.0. The maximum Gasteiger partial charge on any atom is 0.276 e. The van der Waals surface area contributed by atoms with Gasteiger partial charge < -0.3 is 9.80 Å². The average molecular weight is 321 g/mol. The molecule has 1 saturated heterocycles. The number of likely N-dealkylation sites (N-methyl/N-ethyl adjacent to an activating group) is 1. The largest absolute Gasteiger partial charge is 0.335 e. The van der Waals surface area contributed by atoms with Crippen molar-refractivity contribution in [3.8, 4) is 0 Å². The van der Waals surface area contributed by atoms with Crippen LogP contribution in [0.3, 0.4) is 0 Å². The van der Waals surface area contributed by atoms with Crippen LogP contribution < -0.4 is 0 Å². The van der Waals surface area contributed by atoms with Gasteiger partial charge in [-0.15, -0.1) is 15.3 Å². The van der Waals surface area contributed by atoms with Gasteiger partial charge in [-0.25, -0.2) is 0 Å². The molecular formula is C13H19N7OS. The fraction of sp³-hybridized carbons (Fsp3) is 0.615. The molecule has 2 aromatic rings. The molecule has 22 heavy (non-hydrogen) atoms. The summed E-state index contributed by atoms with van der Waals surface area (Å²) in [5.41, 5.74) is 1.04. The second kappa shape index (κ2) is 6.17. The average Bonchev–Trinajstić information content (AvgIpc) is 2.99. The minimum Gasteiger partial charge on any atom is -0.335 e. The summed E-state index contributed by atoms with van der Waals surface area (Å²) in [5, 5.41) is 13.1. The van der Waals surface area contributed by atoms with Gasteiger partial charge in [0.1, 0.15) is 0 Å². The number of rotatable bonds is 3. The number of hydrogen-bond acceptors (Lipinski definition) is 7. The van der Waals surface area contributed by atoms with Gasteiger partial charge in [-0.1, -0.05) is 18.7 Å². The highest BCUT2D eigenvalue weighted by Crippen LogP contribution is 2.14. The number of aryl methyl sites for hydroxylation is 1. The molecule has 8 nitrogen and oxygen atoms in total. The Kier molecular flexibility index (Phi) is 4.25. The molecule has 1 aliphatic heterocycles. The fourth-order valence-electron chi connectivity index (χ4n) is 2.54. The normalized spacial score (nSPS) is 16.4. The third-order valence-corrected chi connectivity index (χ3v) is 4.50. The molecule has 3 rings (SSSR count). The van der Waals surface area contributed by atoms with E-state index in [0.717, 1.165) is 32.7 Å². The topological polar surface area (TPSA) is 79.5 Å². The van der Waals surface area contributed by atoms with E-state index in [0.29, 0.717) is 22.3 Å². The van der Waals surface area contributed by atoms with Crippen LogP contribution in [0.4, 0.5) is 0 Å². The molecule has 118 valence electrons. The van der Waals surface area contributed by atoms with Gasteiger partial charge in [-0.3, -0.25) is 4.79 Å². The Morgan fingerprint density at radius 1 is 1.23 bits per heavy atom. The summed E-state index contributed by atoms with van der Waals surface area (Å²) < 4.78 is 1.59. The van der Waals surface area contributed by atoms with Gasteiger partial charge in [0, 0.05) is 26.2 Å². The van der Waals surface area contributed by atoms with Crippen LogP contribution in [0.2, 0.25) is 0 Å². The van der Waals surface area contributed by atoms with Crippen molar-refractivity contribution in [2.45, 2.75) is 19.0 Å². The van der Waals surface area contributed by atoms with Crippen molar-refractivity contribution in [1.82, 2.24) is 34.6 Å². The van der Waals surface area contributed by atoms with Crippen LogP contribution in [0.25, 0.3) is 5.78 Å². The van der Waals surface area contributed by atoms with Gasteiger partial charge >= 0.3 is 0 Å². The molecule has 9 heteroatoms. The molecule has 2 aromatic heterocycles. The summed E-state index contributed by atoms with van der Waals surface area (Å²) >= 11 is 1.44. The lowest BCUT2D eigenvalue weighted by atomic mass is 10.2. The first kappa shape index (κ1) is 15.2. The van der Waals surface area contributed by atoms with E-state index in [1.807, 2.05) is 18.1 Å². The highest BCUT2D eigenvalue weighted by molar-refractivity contribution is 7.98. The lowest BCUT2D eigenvalue weighted by molar-refractivity contribution is 0.0634. The first-order valence-corrected chi connectivity index (χ1v) is 8.52. The SMILES string of the molecule is CCN1CCN(C(=O)c2nnc3nc(SC)nn3c2C)CC1. The van der Waals surface area contributed by atoms with E-state index < -0.39 is 0 Å². The molecule has 0 N–H and O–H groups in total. The molecule has 0 radical (unpaired) electrons. The molecule has 1 aliphatic rings. The smallest absolute Gasteiger partial charge is 0.276 e. The first-order valence-electron chi connectivity index (χ1n) is 7.29. The van der Waals surface area contributed by atoms with Crippen molar-refractivity contribution in [1.29, 1.82) is 0 Å². The summed E-state index contributed by atoms with van der Waals surface area (Å²) in [6, 6.07) is 0. The summed E-state index contributed by atoms with van der Waals surface area (Å²) in [6.07, 6.45) is 1.90. The molecule has 0 atom stereocenters. The summed E-state index contributed by atoms with van der Waals surface area (Å²) in [7, 11) is 0. The van der Waals surface area contributed by atoms with Gasteiger partial charge in [0.25, 0.3) is 11.7 Å². The van der Waals surface area contributed by atoms with Crippen LogP contribution in [-0.4, -0.2) is 79.5 Å². The van der Waals surface area contributed by atoms with Crippen molar-refractivity contribution < 1.29 is 4.79 Å². The molecule has 0 aliphatic carbocycles. The third kappa shape index (κ3) is 2.66. The number of piperazine rings is 1. The zero-order chi connectivity index (χ0) is 15.7. The van der Waals surface area contributed by atoms with Gasteiger partial charge in [0.15, 0.2) is 5.69 Å². The lowest BCUT2D eigenvalue weighted by Gasteiger charge is -2.33. The second-order valence-corrected chi connectivity index (χ2v) is 5.94. The number of thioether (sulfide) groups is 1. The van der Waals surface area contributed by atoms with E-state index in [1.165, 1.54) is 11.8 Å². The Bertz CT molecular complexity index is 693. The van der Waals surface area contributed by atoms with Crippen molar-refractivity contribution in [2.75, 3.05) is 39.0 Å². The third-order valence-electron chi connectivity index (χ3n) is 3.96. The standard InChI is InChI=1S/C13H19N7OS/c1-4-18-5-7-19(8-6-18)11(21)10-9(2)20-12(16-15-10)14-13(17-20)22-3/h4-8H2,1-3H3. The minimum atomic E-state index is -0.0798. The number of aromatic nitrogens is 5. The Morgan fingerprint density at radius 2 is 1.95 bits per heavy atom. The Morgan fingerprint density at radius 3 is 2.59 bits per heavy atom. The number of amides is 1. The van der Waals surface area contributed by atoms with Crippen molar-refractivity contribution >= 4 is 23.4 Å². The van der Waals surface area contributed by atoms with Gasteiger partial charge in [0.2, 0.25) is 5.16 Å². The van der Waals surface area contributed by atoms with Crippen molar-refractivity contribution in [2.24, 2.45) is 0 Å². The number of carbonyl (C=O) groups excluding carboxylic acids is 1. The van der Waals surface area contributed by atoms with Crippen LogP contribution in [0, 0.1) is 6.92 Å².